The Morgan fingerprint density at radius 3 is 2.73 bits per heavy atom. The third-order valence-corrected chi connectivity index (χ3v) is 4.94. The molecule has 4 heterocycles. The zero-order chi connectivity index (χ0) is 21.3. The number of anilines is 2. The van der Waals surface area contributed by atoms with Crippen LogP contribution in [-0.4, -0.2) is 70.0 Å². The number of aromatic nitrogens is 4. The molecule has 3 aromatic heterocycles. The maximum Gasteiger partial charge on any atom is 0.262 e. The van der Waals surface area contributed by atoms with Crippen molar-refractivity contribution in [3.05, 3.63) is 41.7 Å². The number of imidazole rings is 1. The van der Waals surface area contributed by atoms with Crippen LogP contribution in [0.4, 0.5) is 16.0 Å². The van der Waals surface area contributed by atoms with Crippen molar-refractivity contribution < 1.29 is 13.9 Å². The number of likely N-dealkylation sites (N-methyl/N-ethyl adjacent to an activating group) is 1. The highest BCUT2D eigenvalue weighted by molar-refractivity contribution is 6.05. The molecule has 9 nitrogen and oxygen atoms in total. The second-order valence-electron chi connectivity index (χ2n) is 7.26. The van der Waals surface area contributed by atoms with Gasteiger partial charge in [0.1, 0.15) is 5.56 Å². The molecule has 4 rings (SSSR count). The molecule has 158 valence electrons. The van der Waals surface area contributed by atoms with Gasteiger partial charge in [0.2, 0.25) is 11.8 Å². The molecule has 0 saturated carbocycles. The minimum atomic E-state index is -0.521. The minimum absolute atomic E-state index is 0.192. The fraction of sp³-hybridized carbons (Fsp3) is 0.400. The van der Waals surface area contributed by atoms with E-state index in [1.165, 1.54) is 16.7 Å². The summed E-state index contributed by atoms with van der Waals surface area (Å²) in [5.41, 5.74) is 1.38. The van der Waals surface area contributed by atoms with Crippen molar-refractivity contribution in [2.45, 2.75) is 13.8 Å². The van der Waals surface area contributed by atoms with Crippen LogP contribution < -0.4 is 15.0 Å². The summed E-state index contributed by atoms with van der Waals surface area (Å²) in [6.07, 6.45) is 4.75. The van der Waals surface area contributed by atoms with Crippen LogP contribution in [0.1, 0.15) is 23.0 Å². The molecule has 1 saturated heterocycles. The van der Waals surface area contributed by atoms with Crippen LogP contribution in [0.25, 0.3) is 5.65 Å². The average molecular weight is 413 g/mol. The van der Waals surface area contributed by atoms with Gasteiger partial charge in [0.25, 0.3) is 5.91 Å². The highest BCUT2D eigenvalue weighted by Gasteiger charge is 2.21. The summed E-state index contributed by atoms with van der Waals surface area (Å²) in [5, 5.41) is 2.70. The van der Waals surface area contributed by atoms with E-state index in [0.29, 0.717) is 23.9 Å². The number of carbonyl (C=O) groups is 1. The van der Waals surface area contributed by atoms with E-state index in [-0.39, 0.29) is 17.1 Å². The Bertz CT molecular complexity index is 1080. The summed E-state index contributed by atoms with van der Waals surface area (Å²) in [4.78, 5) is 30.1. The Morgan fingerprint density at radius 1 is 1.23 bits per heavy atom. The summed E-state index contributed by atoms with van der Waals surface area (Å²) in [7, 11) is 2.07. The van der Waals surface area contributed by atoms with Crippen LogP contribution in [0, 0.1) is 12.7 Å². The Labute approximate surface area is 173 Å². The van der Waals surface area contributed by atoms with E-state index in [0.717, 1.165) is 26.2 Å². The summed E-state index contributed by atoms with van der Waals surface area (Å²) in [6, 6.07) is 1.24. The quantitative estimate of drug-likeness (QED) is 0.684. The number of piperazine rings is 1. The lowest BCUT2D eigenvalue weighted by Crippen LogP contribution is -2.45. The lowest BCUT2D eigenvalue weighted by molar-refractivity contribution is 0.102. The summed E-state index contributed by atoms with van der Waals surface area (Å²) in [6.45, 7) is 7.39. The molecule has 0 aromatic carbocycles. The number of pyridine rings is 1. The Hall–Kier alpha value is -3.27. The lowest BCUT2D eigenvalue weighted by atomic mass is 10.3. The summed E-state index contributed by atoms with van der Waals surface area (Å²) >= 11 is 0. The molecule has 0 radical (unpaired) electrons. The maximum absolute atomic E-state index is 14.3. The van der Waals surface area contributed by atoms with Gasteiger partial charge in [0, 0.05) is 50.8 Å². The molecule has 0 atom stereocenters. The van der Waals surface area contributed by atoms with Gasteiger partial charge in [-0.15, -0.1) is 0 Å². The number of rotatable bonds is 5. The monoisotopic (exact) mass is 413 g/mol. The maximum atomic E-state index is 14.3. The van der Waals surface area contributed by atoms with E-state index < -0.39 is 11.7 Å². The largest absolute Gasteiger partial charge is 0.477 e. The number of amides is 1. The number of nitrogens with one attached hydrogen (secondary N) is 1. The van der Waals surface area contributed by atoms with E-state index in [2.05, 4.69) is 37.1 Å². The summed E-state index contributed by atoms with van der Waals surface area (Å²) < 4.78 is 21.5. The SMILES string of the molecule is CCOc1nc(N2CCN(C)CC2)ncc1C(=O)Nc1cc(F)c2nc(C)cn2c1. The zero-order valence-electron chi connectivity index (χ0n) is 17.2. The summed E-state index contributed by atoms with van der Waals surface area (Å²) in [5.74, 6) is -0.255. The van der Waals surface area contributed by atoms with Crippen molar-refractivity contribution in [3.8, 4) is 5.88 Å². The van der Waals surface area contributed by atoms with Gasteiger partial charge in [0.15, 0.2) is 11.5 Å². The molecular weight excluding hydrogens is 389 g/mol. The number of ether oxygens (including phenoxy) is 1. The van der Waals surface area contributed by atoms with E-state index >= 15 is 0 Å². The first-order valence-corrected chi connectivity index (χ1v) is 9.84. The number of halogens is 1. The second kappa shape index (κ2) is 8.23. The molecular formula is C20H24FN7O2. The highest BCUT2D eigenvalue weighted by Crippen LogP contribution is 2.22. The van der Waals surface area contributed by atoms with Crippen LogP contribution in [0.3, 0.4) is 0 Å². The van der Waals surface area contributed by atoms with Crippen LogP contribution >= 0.6 is 0 Å². The third kappa shape index (κ3) is 4.04. The van der Waals surface area contributed by atoms with Crippen molar-refractivity contribution in [1.29, 1.82) is 0 Å². The number of hydrogen-bond donors (Lipinski definition) is 1. The highest BCUT2D eigenvalue weighted by atomic mass is 19.1. The van der Waals surface area contributed by atoms with Gasteiger partial charge in [-0.2, -0.15) is 4.98 Å². The molecule has 0 unspecified atom stereocenters. The van der Waals surface area contributed by atoms with Crippen LogP contribution in [-0.2, 0) is 0 Å². The molecule has 1 aliphatic rings. The first-order chi connectivity index (χ1) is 14.4. The molecule has 1 amide bonds. The molecule has 1 aliphatic heterocycles. The van der Waals surface area contributed by atoms with Gasteiger partial charge >= 0.3 is 0 Å². The molecule has 1 fully saturated rings. The van der Waals surface area contributed by atoms with Crippen molar-refractivity contribution in [1.82, 2.24) is 24.3 Å². The Morgan fingerprint density at radius 2 is 2.00 bits per heavy atom. The van der Waals surface area contributed by atoms with E-state index in [1.54, 1.807) is 19.3 Å². The Kier molecular flexibility index (Phi) is 5.49. The average Bonchev–Trinajstić information content (AvgIpc) is 3.09. The Balaban J connectivity index is 1.58. The van der Waals surface area contributed by atoms with Crippen molar-refractivity contribution in [2.75, 3.05) is 50.1 Å². The predicted molar refractivity (Wildman–Crippen MR) is 111 cm³/mol. The first kappa shape index (κ1) is 20.0. The van der Waals surface area contributed by atoms with Gasteiger partial charge in [-0.05, 0) is 20.9 Å². The van der Waals surface area contributed by atoms with Gasteiger partial charge in [-0.25, -0.2) is 14.4 Å². The third-order valence-electron chi connectivity index (χ3n) is 4.94. The number of hydrogen-bond acceptors (Lipinski definition) is 7. The smallest absolute Gasteiger partial charge is 0.262 e. The zero-order valence-corrected chi connectivity index (χ0v) is 17.2. The first-order valence-electron chi connectivity index (χ1n) is 9.84. The van der Waals surface area contributed by atoms with E-state index in [4.69, 9.17) is 4.74 Å². The molecule has 1 N–H and O–H groups in total. The topological polar surface area (TPSA) is 87.9 Å². The van der Waals surface area contributed by atoms with Gasteiger partial charge in [-0.3, -0.25) is 4.79 Å². The predicted octanol–water partition coefficient (Wildman–Crippen LogP) is 1.97. The second-order valence-corrected chi connectivity index (χ2v) is 7.26. The molecule has 10 heteroatoms. The van der Waals surface area contributed by atoms with Crippen LogP contribution in [0.5, 0.6) is 5.88 Å². The molecule has 0 bridgehead atoms. The van der Waals surface area contributed by atoms with Gasteiger partial charge < -0.3 is 24.3 Å². The van der Waals surface area contributed by atoms with E-state index in [1.807, 2.05) is 6.92 Å². The fourth-order valence-corrected chi connectivity index (χ4v) is 3.36. The van der Waals surface area contributed by atoms with Crippen molar-refractivity contribution in [2.24, 2.45) is 0 Å². The number of aryl methyl sites for hydroxylation is 1. The lowest BCUT2D eigenvalue weighted by Gasteiger charge is -2.32. The number of fused-ring (bicyclic) bond motifs is 1. The van der Waals surface area contributed by atoms with Gasteiger partial charge in [-0.1, -0.05) is 0 Å². The standard InChI is InChI=1S/C20H24FN7O2/c1-4-30-19-15(10-22-20(25-19)27-7-5-26(3)6-8-27)18(29)24-14-9-16(21)17-23-13(2)11-28(17)12-14/h9-12H,4-8H2,1-3H3,(H,24,29). The number of carbonyl (C=O) groups excluding carboxylic acids is 1. The number of nitrogens with zero attached hydrogens (tertiary/aromatic N) is 6. The van der Waals surface area contributed by atoms with Crippen molar-refractivity contribution in [3.63, 3.8) is 0 Å². The minimum Gasteiger partial charge on any atom is -0.477 e. The molecule has 0 spiro atoms. The fourth-order valence-electron chi connectivity index (χ4n) is 3.36. The van der Waals surface area contributed by atoms with Gasteiger partial charge in [0.05, 0.1) is 18.0 Å². The van der Waals surface area contributed by atoms with Crippen LogP contribution in [0.15, 0.2) is 24.7 Å². The molecule has 3 aromatic rings. The van der Waals surface area contributed by atoms with Crippen LogP contribution in [0.2, 0.25) is 0 Å². The molecule has 0 aliphatic carbocycles. The van der Waals surface area contributed by atoms with Crippen molar-refractivity contribution >= 4 is 23.2 Å². The molecule has 30 heavy (non-hydrogen) atoms. The normalized spacial score (nSPS) is 14.9. The van der Waals surface area contributed by atoms with E-state index in [9.17, 15) is 9.18 Å².